The van der Waals surface area contributed by atoms with E-state index in [0.29, 0.717) is 4.57 Å². The van der Waals surface area contributed by atoms with Gasteiger partial charge in [-0.3, -0.25) is 9.78 Å². The van der Waals surface area contributed by atoms with Gasteiger partial charge in [0.25, 0.3) is 5.56 Å². The van der Waals surface area contributed by atoms with Crippen LogP contribution >= 0.6 is 23.2 Å². The number of aromatic nitrogens is 2. The first-order chi connectivity index (χ1) is 9.90. The van der Waals surface area contributed by atoms with E-state index in [-0.39, 0.29) is 22.2 Å². The van der Waals surface area contributed by atoms with Crippen LogP contribution in [0.5, 0.6) is 11.5 Å². The van der Waals surface area contributed by atoms with E-state index in [1.54, 1.807) is 0 Å². The summed E-state index contributed by atoms with van der Waals surface area (Å²) < 4.78 is 24.2. The summed E-state index contributed by atoms with van der Waals surface area (Å²) in [5.74, 6) is -1.00. The minimum atomic E-state index is -1.28. The van der Waals surface area contributed by atoms with Crippen LogP contribution in [0, 0.1) is 5.82 Å². The second-order valence-electron chi connectivity index (χ2n) is 3.86. The Bertz CT molecular complexity index is 816. The maximum atomic E-state index is 13.6. The molecular weight excluding hydrogens is 326 g/mol. The van der Waals surface area contributed by atoms with Crippen molar-refractivity contribution >= 4 is 23.2 Å². The van der Waals surface area contributed by atoms with E-state index in [1.807, 2.05) is 4.98 Å². The summed E-state index contributed by atoms with van der Waals surface area (Å²) in [6.07, 6.45) is 0. The van der Waals surface area contributed by atoms with Crippen LogP contribution in [0.15, 0.2) is 21.7 Å². The number of hydrogen-bond donors (Lipinski definition) is 1. The van der Waals surface area contributed by atoms with Crippen molar-refractivity contribution in [3.05, 3.63) is 49.0 Å². The number of methoxy groups -OCH3 is 2. The lowest BCUT2D eigenvalue weighted by molar-refractivity contribution is 0.400. The van der Waals surface area contributed by atoms with E-state index in [2.05, 4.69) is 0 Å². The third-order valence-electron chi connectivity index (χ3n) is 2.70. The Morgan fingerprint density at radius 1 is 1.14 bits per heavy atom. The van der Waals surface area contributed by atoms with Crippen molar-refractivity contribution in [3.63, 3.8) is 0 Å². The van der Waals surface area contributed by atoms with Gasteiger partial charge in [0.2, 0.25) is 5.82 Å². The van der Waals surface area contributed by atoms with Crippen molar-refractivity contribution in [1.82, 2.24) is 9.55 Å². The number of rotatable bonds is 3. The third kappa shape index (κ3) is 2.62. The number of hydrogen-bond acceptors (Lipinski definition) is 4. The molecule has 1 aromatic heterocycles. The summed E-state index contributed by atoms with van der Waals surface area (Å²) >= 11 is 11.3. The van der Waals surface area contributed by atoms with E-state index in [1.165, 1.54) is 26.4 Å². The fraction of sp³-hybridized carbons (Fsp3) is 0.167. The number of aromatic amines is 1. The maximum absolute atomic E-state index is 13.6. The van der Waals surface area contributed by atoms with Crippen molar-refractivity contribution in [1.29, 1.82) is 0 Å². The second-order valence-corrected chi connectivity index (χ2v) is 4.64. The summed E-state index contributed by atoms with van der Waals surface area (Å²) in [5.41, 5.74) is -2.17. The smallest absolute Gasteiger partial charge is 0.334 e. The molecule has 0 aliphatic carbocycles. The lowest BCUT2D eigenvalue weighted by Gasteiger charge is -2.13. The average molecular weight is 335 g/mol. The summed E-state index contributed by atoms with van der Waals surface area (Å²) in [6, 6.07) is 2.62. The van der Waals surface area contributed by atoms with Crippen molar-refractivity contribution in [2.75, 3.05) is 14.2 Å². The van der Waals surface area contributed by atoms with Gasteiger partial charge in [-0.1, -0.05) is 23.2 Å². The average Bonchev–Trinajstić information content (AvgIpc) is 2.45. The summed E-state index contributed by atoms with van der Waals surface area (Å²) in [7, 11) is 2.67. The molecule has 112 valence electrons. The Kier molecular flexibility index (Phi) is 4.24. The normalized spacial score (nSPS) is 10.5. The van der Waals surface area contributed by atoms with Gasteiger partial charge in [-0.2, -0.15) is 4.39 Å². The van der Waals surface area contributed by atoms with Crippen LogP contribution in [-0.2, 0) is 0 Å². The van der Waals surface area contributed by atoms with Crippen LogP contribution in [0.1, 0.15) is 0 Å². The van der Waals surface area contributed by atoms with Crippen LogP contribution < -0.4 is 20.7 Å². The quantitative estimate of drug-likeness (QED) is 0.871. The molecule has 0 aliphatic rings. The number of benzene rings is 1. The summed E-state index contributed by atoms with van der Waals surface area (Å²) in [5, 5.41) is -0.460. The Morgan fingerprint density at radius 2 is 1.76 bits per heavy atom. The van der Waals surface area contributed by atoms with Gasteiger partial charge in [0.05, 0.1) is 24.9 Å². The highest BCUT2D eigenvalue weighted by molar-refractivity contribution is 6.32. The highest BCUT2D eigenvalue weighted by atomic mass is 35.5. The lowest BCUT2D eigenvalue weighted by Crippen LogP contribution is -2.36. The van der Waals surface area contributed by atoms with E-state index >= 15 is 0 Å². The highest BCUT2D eigenvalue weighted by Gasteiger charge is 2.19. The second kappa shape index (κ2) is 5.79. The first-order valence-corrected chi connectivity index (χ1v) is 6.28. The monoisotopic (exact) mass is 334 g/mol. The molecule has 0 fully saturated rings. The van der Waals surface area contributed by atoms with Crippen molar-refractivity contribution < 1.29 is 13.9 Å². The Labute approximate surface area is 127 Å². The zero-order valence-corrected chi connectivity index (χ0v) is 12.4. The molecular formula is C12H9Cl2FN2O4. The molecule has 0 saturated carbocycles. The fourth-order valence-corrected chi connectivity index (χ4v) is 2.12. The van der Waals surface area contributed by atoms with Gasteiger partial charge in [-0.05, 0) is 0 Å². The molecule has 6 nitrogen and oxygen atoms in total. The number of H-pyrrole nitrogens is 1. The third-order valence-corrected chi connectivity index (χ3v) is 3.25. The van der Waals surface area contributed by atoms with Crippen molar-refractivity contribution in [2.24, 2.45) is 0 Å². The molecule has 1 N–H and O–H groups in total. The van der Waals surface area contributed by atoms with Crippen LogP contribution in [0.2, 0.25) is 10.2 Å². The molecule has 1 aromatic carbocycles. The number of nitrogens with one attached hydrogen (secondary N) is 1. The molecule has 2 aromatic rings. The SMILES string of the molecule is COc1cc(-n2c(=O)[nH]c(Cl)c(F)c2=O)c(OC)cc1Cl. The Balaban J connectivity index is 2.88. The van der Waals surface area contributed by atoms with Gasteiger partial charge in [0.15, 0.2) is 5.15 Å². The molecule has 9 heteroatoms. The van der Waals surface area contributed by atoms with Crippen molar-refractivity contribution in [2.45, 2.75) is 0 Å². The minimum absolute atomic E-state index is 0.0273. The van der Waals surface area contributed by atoms with E-state index < -0.39 is 22.2 Å². The van der Waals surface area contributed by atoms with Crippen LogP contribution in [-0.4, -0.2) is 23.8 Å². The maximum Gasteiger partial charge on any atom is 0.334 e. The number of halogens is 3. The Morgan fingerprint density at radius 3 is 2.33 bits per heavy atom. The van der Waals surface area contributed by atoms with Crippen molar-refractivity contribution in [3.8, 4) is 17.2 Å². The van der Waals surface area contributed by atoms with Gasteiger partial charge in [-0.25, -0.2) is 9.36 Å². The summed E-state index contributed by atoms with van der Waals surface area (Å²) in [4.78, 5) is 25.8. The molecule has 0 unspecified atom stereocenters. The molecule has 0 saturated heterocycles. The first-order valence-electron chi connectivity index (χ1n) is 5.53. The van der Waals surface area contributed by atoms with Crippen LogP contribution in [0.3, 0.4) is 0 Å². The van der Waals surface area contributed by atoms with Gasteiger partial charge in [0.1, 0.15) is 11.5 Å². The predicted octanol–water partition coefficient (Wildman–Crippen LogP) is 1.99. The molecule has 1 heterocycles. The Hall–Kier alpha value is -1.99. The van der Waals surface area contributed by atoms with E-state index in [0.717, 1.165) is 0 Å². The lowest BCUT2D eigenvalue weighted by atomic mass is 10.2. The van der Waals surface area contributed by atoms with Crippen LogP contribution in [0.4, 0.5) is 4.39 Å². The molecule has 0 radical (unpaired) electrons. The molecule has 0 amide bonds. The largest absolute Gasteiger partial charge is 0.495 e. The molecule has 0 bridgehead atoms. The first kappa shape index (κ1) is 15.4. The van der Waals surface area contributed by atoms with Gasteiger partial charge in [-0.15, -0.1) is 0 Å². The molecule has 0 spiro atoms. The molecule has 0 atom stereocenters. The molecule has 2 rings (SSSR count). The van der Waals surface area contributed by atoms with Gasteiger partial charge < -0.3 is 9.47 Å². The molecule has 0 aliphatic heterocycles. The topological polar surface area (TPSA) is 73.3 Å². The highest BCUT2D eigenvalue weighted by Crippen LogP contribution is 2.33. The summed E-state index contributed by atoms with van der Waals surface area (Å²) in [6.45, 7) is 0. The fourth-order valence-electron chi connectivity index (χ4n) is 1.73. The van der Waals surface area contributed by atoms with Crippen LogP contribution in [0.25, 0.3) is 5.69 Å². The van der Waals surface area contributed by atoms with E-state index in [9.17, 15) is 14.0 Å². The van der Waals surface area contributed by atoms with E-state index in [4.69, 9.17) is 32.7 Å². The number of nitrogens with zero attached hydrogens (tertiary/aromatic N) is 1. The van der Waals surface area contributed by atoms with Gasteiger partial charge >= 0.3 is 5.69 Å². The number of ether oxygens (including phenoxy) is 2. The minimum Gasteiger partial charge on any atom is -0.495 e. The predicted molar refractivity (Wildman–Crippen MR) is 75.7 cm³/mol. The van der Waals surface area contributed by atoms with Gasteiger partial charge in [0, 0.05) is 12.1 Å². The zero-order chi connectivity index (χ0) is 15.7. The standard InChI is InChI=1S/C12H9Cl2FN2O4/c1-20-7-4-6(8(21-2)3-5(7)13)17-11(18)9(15)10(14)16-12(17)19/h3-4H,1-2H3,(H,16,19). The molecule has 21 heavy (non-hydrogen) atoms. The zero-order valence-electron chi connectivity index (χ0n) is 10.9.